The van der Waals surface area contributed by atoms with Crippen LogP contribution in [0.1, 0.15) is 124 Å². The Morgan fingerprint density at radius 1 is 0.815 bits per heavy atom. The summed E-state index contributed by atoms with van der Waals surface area (Å²) in [5.74, 6) is 0.0294. The molecule has 1 saturated heterocycles. The predicted octanol–water partition coefficient (Wildman–Crippen LogP) is 6.95. The lowest BCUT2D eigenvalue weighted by Gasteiger charge is -2.27. The minimum absolute atomic E-state index is 0.00907. The molecule has 1 atom stereocenters. The van der Waals surface area contributed by atoms with E-state index in [-0.39, 0.29) is 17.9 Å². The summed E-state index contributed by atoms with van der Waals surface area (Å²) in [5.41, 5.74) is 1.20. The molecular weight excluding hydrogens is 334 g/mol. The van der Waals surface area contributed by atoms with E-state index in [9.17, 15) is 9.59 Å². The molecule has 2 amide bonds. The second-order valence-corrected chi connectivity index (χ2v) is 8.23. The SMILES string of the molecule is CCCCCCCCCCCCC/C=C(\C)C(CCC)N1C(=O)CCC1=O. The fourth-order valence-corrected chi connectivity index (χ4v) is 4.05. The van der Waals surface area contributed by atoms with Crippen molar-refractivity contribution in [3.63, 3.8) is 0 Å². The lowest BCUT2D eigenvalue weighted by molar-refractivity contribution is -0.140. The lowest BCUT2D eigenvalue weighted by atomic mass is 9.99. The third-order valence-electron chi connectivity index (χ3n) is 5.76. The number of nitrogens with zero attached hydrogens (tertiary/aromatic N) is 1. The van der Waals surface area contributed by atoms with Gasteiger partial charge in [-0.2, -0.15) is 0 Å². The molecule has 1 heterocycles. The second-order valence-electron chi connectivity index (χ2n) is 8.23. The Morgan fingerprint density at radius 2 is 1.30 bits per heavy atom. The van der Waals surface area contributed by atoms with E-state index < -0.39 is 0 Å². The van der Waals surface area contributed by atoms with Crippen molar-refractivity contribution in [3.05, 3.63) is 11.6 Å². The number of hydrogen-bond donors (Lipinski definition) is 0. The van der Waals surface area contributed by atoms with Crippen molar-refractivity contribution >= 4 is 11.8 Å². The molecule has 1 aliphatic heterocycles. The predicted molar refractivity (Wildman–Crippen MR) is 115 cm³/mol. The standard InChI is InChI=1S/C24H43NO2/c1-4-6-7-8-9-10-11-12-13-14-15-16-18-21(3)22(17-5-2)25-23(26)19-20-24(25)27/h18,22H,4-17,19-20H2,1-3H3/b21-18+. The van der Waals surface area contributed by atoms with Gasteiger partial charge < -0.3 is 0 Å². The first-order valence-electron chi connectivity index (χ1n) is 11.6. The Bertz CT molecular complexity index is 439. The summed E-state index contributed by atoms with van der Waals surface area (Å²) in [6.07, 6.45) is 21.0. The lowest BCUT2D eigenvalue weighted by Crippen LogP contribution is -2.40. The van der Waals surface area contributed by atoms with Gasteiger partial charge in [-0.05, 0) is 26.2 Å². The zero-order valence-corrected chi connectivity index (χ0v) is 18.2. The third kappa shape index (κ3) is 9.58. The maximum Gasteiger partial charge on any atom is 0.230 e. The molecule has 0 bridgehead atoms. The van der Waals surface area contributed by atoms with Crippen molar-refractivity contribution in [1.82, 2.24) is 4.90 Å². The Labute approximate surface area is 168 Å². The van der Waals surface area contributed by atoms with Crippen LogP contribution in [0.15, 0.2) is 11.6 Å². The van der Waals surface area contributed by atoms with Gasteiger partial charge in [0.1, 0.15) is 0 Å². The van der Waals surface area contributed by atoms with Gasteiger partial charge in [0.05, 0.1) is 6.04 Å². The van der Waals surface area contributed by atoms with Crippen molar-refractivity contribution in [3.8, 4) is 0 Å². The van der Waals surface area contributed by atoms with Gasteiger partial charge >= 0.3 is 0 Å². The molecule has 0 aromatic rings. The van der Waals surface area contributed by atoms with Crippen LogP contribution in [0, 0.1) is 0 Å². The Balaban J connectivity index is 2.17. The average molecular weight is 378 g/mol. The van der Waals surface area contributed by atoms with Crippen LogP contribution < -0.4 is 0 Å². The molecule has 3 heteroatoms. The summed E-state index contributed by atoms with van der Waals surface area (Å²) in [7, 11) is 0. The van der Waals surface area contributed by atoms with E-state index in [2.05, 4.69) is 26.8 Å². The number of likely N-dealkylation sites (tertiary alicyclic amines) is 1. The maximum absolute atomic E-state index is 12.1. The maximum atomic E-state index is 12.1. The molecule has 0 saturated carbocycles. The van der Waals surface area contributed by atoms with Crippen LogP contribution >= 0.6 is 0 Å². The largest absolute Gasteiger partial charge is 0.275 e. The minimum atomic E-state index is -0.00907. The van der Waals surface area contributed by atoms with E-state index in [1.165, 1.54) is 81.1 Å². The summed E-state index contributed by atoms with van der Waals surface area (Å²) in [5, 5.41) is 0. The summed E-state index contributed by atoms with van der Waals surface area (Å²) >= 11 is 0. The first kappa shape index (κ1) is 23.9. The highest BCUT2D eigenvalue weighted by atomic mass is 16.2. The molecule has 1 fully saturated rings. The normalized spacial score (nSPS) is 16.4. The molecule has 0 radical (unpaired) electrons. The highest BCUT2D eigenvalue weighted by Crippen LogP contribution is 2.24. The van der Waals surface area contributed by atoms with Crippen LogP contribution in [0.3, 0.4) is 0 Å². The minimum Gasteiger partial charge on any atom is -0.275 e. The first-order valence-corrected chi connectivity index (χ1v) is 11.6. The monoisotopic (exact) mass is 377 g/mol. The van der Waals surface area contributed by atoms with Crippen molar-refractivity contribution in [2.24, 2.45) is 0 Å². The summed E-state index contributed by atoms with van der Waals surface area (Å²) in [6, 6.07) is -0.00907. The zero-order valence-electron chi connectivity index (χ0n) is 18.2. The molecule has 1 aliphatic rings. The Kier molecular flexibility index (Phi) is 13.2. The van der Waals surface area contributed by atoms with E-state index in [1.54, 1.807) is 0 Å². The van der Waals surface area contributed by atoms with Crippen LogP contribution in [0.4, 0.5) is 0 Å². The van der Waals surface area contributed by atoms with Gasteiger partial charge in [0, 0.05) is 12.8 Å². The highest BCUT2D eigenvalue weighted by molar-refractivity contribution is 6.02. The summed E-state index contributed by atoms with van der Waals surface area (Å²) in [6.45, 7) is 6.49. The molecule has 0 aromatic carbocycles. The molecule has 27 heavy (non-hydrogen) atoms. The summed E-state index contributed by atoms with van der Waals surface area (Å²) < 4.78 is 0. The average Bonchev–Trinajstić information content (AvgIpc) is 2.99. The van der Waals surface area contributed by atoms with Crippen LogP contribution in [0.5, 0.6) is 0 Å². The molecule has 0 aromatic heterocycles. The van der Waals surface area contributed by atoms with Crippen molar-refractivity contribution < 1.29 is 9.59 Å². The van der Waals surface area contributed by atoms with Gasteiger partial charge in [-0.3, -0.25) is 14.5 Å². The Morgan fingerprint density at radius 3 is 1.78 bits per heavy atom. The van der Waals surface area contributed by atoms with Crippen LogP contribution in [0.2, 0.25) is 0 Å². The van der Waals surface area contributed by atoms with Crippen LogP contribution in [0.25, 0.3) is 0 Å². The number of carbonyl (C=O) groups excluding carboxylic acids is 2. The summed E-state index contributed by atoms with van der Waals surface area (Å²) in [4.78, 5) is 25.7. The molecular formula is C24H43NO2. The van der Waals surface area contributed by atoms with Crippen LogP contribution in [-0.2, 0) is 9.59 Å². The van der Waals surface area contributed by atoms with Gasteiger partial charge in [-0.25, -0.2) is 0 Å². The fraction of sp³-hybridized carbons (Fsp3) is 0.833. The van der Waals surface area contributed by atoms with Crippen molar-refractivity contribution in [1.29, 1.82) is 0 Å². The van der Waals surface area contributed by atoms with E-state index in [0.29, 0.717) is 12.8 Å². The van der Waals surface area contributed by atoms with Crippen molar-refractivity contribution in [2.45, 2.75) is 130 Å². The van der Waals surface area contributed by atoms with Gasteiger partial charge in [0.25, 0.3) is 0 Å². The molecule has 1 rings (SSSR count). The first-order chi connectivity index (χ1) is 13.1. The third-order valence-corrected chi connectivity index (χ3v) is 5.76. The van der Waals surface area contributed by atoms with E-state index >= 15 is 0 Å². The van der Waals surface area contributed by atoms with Gasteiger partial charge in [0.15, 0.2) is 0 Å². The van der Waals surface area contributed by atoms with E-state index in [0.717, 1.165) is 19.3 Å². The Hall–Kier alpha value is -1.12. The number of imide groups is 1. The van der Waals surface area contributed by atoms with Gasteiger partial charge in [-0.15, -0.1) is 0 Å². The van der Waals surface area contributed by atoms with E-state index in [1.807, 2.05) is 0 Å². The molecule has 1 unspecified atom stereocenters. The number of rotatable bonds is 16. The quantitative estimate of drug-likeness (QED) is 0.166. The molecule has 3 nitrogen and oxygen atoms in total. The van der Waals surface area contributed by atoms with Gasteiger partial charge in [-0.1, -0.05) is 96.1 Å². The second kappa shape index (κ2) is 14.9. The van der Waals surface area contributed by atoms with Crippen molar-refractivity contribution in [2.75, 3.05) is 0 Å². The number of unbranched alkanes of at least 4 members (excludes halogenated alkanes) is 11. The number of hydrogen-bond acceptors (Lipinski definition) is 2. The topological polar surface area (TPSA) is 37.4 Å². The fourth-order valence-electron chi connectivity index (χ4n) is 4.05. The number of amides is 2. The number of allylic oxidation sites excluding steroid dienone is 1. The molecule has 0 aliphatic carbocycles. The number of carbonyl (C=O) groups is 2. The van der Waals surface area contributed by atoms with E-state index in [4.69, 9.17) is 0 Å². The highest BCUT2D eigenvalue weighted by Gasteiger charge is 2.34. The molecule has 0 spiro atoms. The van der Waals surface area contributed by atoms with Crippen LogP contribution in [-0.4, -0.2) is 22.8 Å². The zero-order chi connectivity index (χ0) is 19.9. The molecule has 0 N–H and O–H groups in total. The smallest absolute Gasteiger partial charge is 0.230 e. The molecule has 156 valence electrons. The van der Waals surface area contributed by atoms with Gasteiger partial charge in [0.2, 0.25) is 11.8 Å².